The number of esters is 1. The molecule has 0 aliphatic rings. The molecule has 2 aromatic carbocycles. The van der Waals surface area contributed by atoms with Crippen molar-refractivity contribution in [3.63, 3.8) is 0 Å². The molecule has 0 fully saturated rings. The van der Waals surface area contributed by atoms with E-state index in [1.807, 2.05) is 13.8 Å². The lowest BCUT2D eigenvalue weighted by Crippen LogP contribution is -2.32. The van der Waals surface area contributed by atoms with Crippen LogP contribution in [0, 0.1) is 0 Å². The molecule has 1 unspecified atom stereocenters. The maximum Gasteiger partial charge on any atom is 0.338 e. The molecule has 0 saturated carbocycles. The number of hydrogen-bond donors (Lipinski definition) is 2. The van der Waals surface area contributed by atoms with Gasteiger partial charge in [0, 0.05) is 6.04 Å². The van der Waals surface area contributed by atoms with Gasteiger partial charge < -0.3 is 14.8 Å². The zero-order chi connectivity index (χ0) is 22.1. The number of hydrogen-bond acceptors (Lipinski definition) is 6. The number of sulfonamides is 1. The molecule has 0 bridgehead atoms. The summed E-state index contributed by atoms with van der Waals surface area (Å²) in [6.45, 7) is 5.42. The van der Waals surface area contributed by atoms with Crippen molar-refractivity contribution in [2.45, 2.75) is 38.1 Å². The number of rotatable bonds is 10. The van der Waals surface area contributed by atoms with Crippen LogP contribution in [0.4, 0.5) is 5.69 Å². The smallest absolute Gasteiger partial charge is 0.338 e. The Bertz CT molecular complexity index is 973. The molecule has 0 aliphatic heterocycles. The van der Waals surface area contributed by atoms with Crippen LogP contribution in [0.2, 0.25) is 0 Å². The van der Waals surface area contributed by atoms with Crippen molar-refractivity contribution in [1.29, 1.82) is 0 Å². The molecule has 162 valence electrons. The highest BCUT2D eigenvalue weighted by molar-refractivity contribution is 7.89. The molecule has 9 heteroatoms. The molecule has 8 nitrogen and oxygen atoms in total. The first-order chi connectivity index (χ1) is 14.3. The van der Waals surface area contributed by atoms with Gasteiger partial charge in [0.15, 0.2) is 6.61 Å². The van der Waals surface area contributed by atoms with E-state index in [4.69, 9.17) is 9.47 Å². The van der Waals surface area contributed by atoms with Gasteiger partial charge in [-0.15, -0.1) is 0 Å². The van der Waals surface area contributed by atoms with Crippen molar-refractivity contribution in [3.8, 4) is 5.75 Å². The summed E-state index contributed by atoms with van der Waals surface area (Å²) in [5, 5.41) is 2.63. The Hall–Kier alpha value is -2.91. The number of benzene rings is 2. The lowest BCUT2D eigenvalue weighted by molar-refractivity contribution is -0.119. The van der Waals surface area contributed by atoms with Crippen molar-refractivity contribution in [2.24, 2.45) is 0 Å². The van der Waals surface area contributed by atoms with Gasteiger partial charge in [0.25, 0.3) is 5.91 Å². The monoisotopic (exact) mass is 434 g/mol. The molecule has 2 rings (SSSR count). The molecule has 0 aromatic heterocycles. The third kappa shape index (κ3) is 6.57. The predicted molar refractivity (Wildman–Crippen MR) is 113 cm³/mol. The highest BCUT2D eigenvalue weighted by Crippen LogP contribution is 2.23. The first-order valence-corrected chi connectivity index (χ1v) is 11.1. The van der Waals surface area contributed by atoms with E-state index in [9.17, 15) is 18.0 Å². The molecule has 1 amide bonds. The normalized spacial score (nSPS) is 12.1. The van der Waals surface area contributed by atoms with Crippen LogP contribution in [0.15, 0.2) is 53.4 Å². The van der Waals surface area contributed by atoms with Gasteiger partial charge in [-0.2, -0.15) is 0 Å². The van der Waals surface area contributed by atoms with E-state index in [-0.39, 0.29) is 16.5 Å². The summed E-state index contributed by atoms with van der Waals surface area (Å²) >= 11 is 0. The minimum atomic E-state index is -3.66. The fraction of sp³-hybridized carbons (Fsp3) is 0.333. The van der Waals surface area contributed by atoms with Crippen molar-refractivity contribution in [1.82, 2.24) is 4.72 Å². The first-order valence-electron chi connectivity index (χ1n) is 9.58. The third-order valence-corrected chi connectivity index (χ3v) is 5.77. The molecular weight excluding hydrogens is 408 g/mol. The first kappa shape index (κ1) is 23.4. The predicted octanol–water partition coefficient (Wildman–Crippen LogP) is 2.96. The van der Waals surface area contributed by atoms with Crippen LogP contribution in [0.5, 0.6) is 5.75 Å². The number of carbonyl (C=O) groups is 2. The minimum Gasteiger partial charge on any atom is -0.492 e. The summed E-state index contributed by atoms with van der Waals surface area (Å²) < 4.78 is 37.5. The van der Waals surface area contributed by atoms with E-state index in [1.165, 1.54) is 24.3 Å². The van der Waals surface area contributed by atoms with Gasteiger partial charge in [0.2, 0.25) is 10.0 Å². The quantitative estimate of drug-likeness (QED) is 0.556. The number of carbonyl (C=O) groups excluding carboxylic acids is 2. The van der Waals surface area contributed by atoms with Crippen molar-refractivity contribution >= 4 is 27.6 Å². The molecule has 0 aliphatic carbocycles. The van der Waals surface area contributed by atoms with E-state index in [0.29, 0.717) is 24.5 Å². The molecule has 2 N–H and O–H groups in total. The number of ether oxygens (including phenoxy) is 2. The molecule has 0 radical (unpaired) electrons. The molecule has 2 aromatic rings. The third-order valence-electron chi connectivity index (χ3n) is 4.16. The Morgan fingerprint density at radius 3 is 2.33 bits per heavy atom. The van der Waals surface area contributed by atoms with Crippen LogP contribution in [0.3, 0.4) is 0 Å². The molecule has 30 heavy (non-hydrogen) atoms. The van der Waals surface area contributed by atoms with Gasteiger partial charge in [-0.1, -0.05) is 19.1 Å². The minimum absolute atomic E-state index is 0.0459. The molecular formula is C21H26N2O6S. The van der Waals surface area contributed by atoms with Crippen LogP contribution < -0.4 is 14.8 Å². The Labute approximate surface area is 176 Å². The summed E-state index contributed by atoms with van der Waals surface area (Å²) in [4.78, 5) is 24.3. The van der Waals surface area contributed by atoms with E-state index in [2.05, 4.69) is 10.0 Å². The highest BCUT2D eigenvalue weighted by atomic mass is 32.2. The van der Waals surface area contributed by atoms with Gasteiger partial charge >= 0.3 is 5.97 Å². The molecule has 0 saturated heterocycles. The second-order valence-electron chi connectivity index (χ2n) is 6.51. The fourth-order valence-corrected chi connectivity index (χ4v) is 3.77. The largest absolute Gasteiger partial charge is 0.492 e. The van der Waals surface area contributed by atoms with Gasteiger partial charge in [-0.3, -0.25) is 4.79 Å². The van der Waals surface area contributed by atoms with E-state index in [1.54, 1.807) is 31.2 Å². The maximum atomic E-state index is 12.3. The van der Waals surface area contributed by atoms with Crippen LogP contribution in [-0.4, -0.2) is 39.5 Å². The highest BCUT2D eigenvalue weighted by Gasteiger charge is 2.18. The summed E-state index contributed by atoms with van der Waals surface area (Å²) in [5.41, 5.74) is 0.615. The lowest BCUT2D eigenvalue weighted by Gasteiger charge is -2.12. The lowest BCUT2D eigenvalue weighted by atomic mass is 10.2. The second kappa shape index (κ2) is 10.7. The standard InChI is InChI=1S/C21H26N2O6S/c1-4-15(3)23-30(26,27)17-12-10-16(11-13-17)21(25)29-14-20(24)22-18-8-6-7-9-19(18)28-5-2/h6-13,15,23H,4-5,14H2,1-3H3,(H,22,24). The number of amides is 1. The summed E-state index contributed by atoms with van der Waals surface area (Å²) in [6, 6.07) is 12.0. The molecule has 0 heterocycles. The average molecular weight is 435 g/mol. The summed E-state index contributed by atoms with van der Waals surface area (Å²) in [6.07, 6.45) is 0.654. The SMILES string of the molecule is CCOc1ccccc1NC(=O)COC(=O)c1ccc(S(=O)(=O)NC(C)CC)cc1. The maximum absolute atomic E-state index is 12.3. The summed E-state index contributed by atoms with van der Waals surface area (Å²) in [7, 11) is -3.66. The number of para-hydroxylation sites is 2. The second-order valence-corrected chi connectivity index (χ2v) is 8.22. The Balaban J connectivity index is 1.94. The van der Waals surface area contributed by atoms with Gasteiger partial charge in [-0.05, 0) is 56.7 Å². The van der Waals surface area contributed by atoms with Gasteiger partial charge in [-0.25, -0.2) is 17.9 Å². The van der Waals surface area contributed by atoms with Gasteiger partial charge in [0.05, 0.1) is 22.8 Å². The van der Waals surface area contributed by atoms with Crippen molar-refractivity contribution < 1.29 is 27.5 Å². The number of nitrogens with one attached hydrogen (secondary N) is 2. The Kier molecular flexibility index (Phi) is 8.37. The van der Waals surface area contributed by atoms with E-state index >= 15 is 0 Å². The fourth-order valence-electron chi connectivity index (χ4n) is 2.44. The Morgan fingerprint density at radius 1 is 1.03 bits per heavy atom. The van der Waals surface area contributed by atoms with Crippen LogP contribution in [-0.2, 0) is 19.6 Å². The Morgan fingerprint density at radius 2 is 1.70 bits per heavy atom. The number of anilines is 1. The topological polar surface area (TPSA) is 111 Å². The zero-order valence-electron chi connectivity index (χ0n) is 17.2. The average Bonchev–Trinajstić information content (AvgIpc) is 2.73. The van der Waals surface area contributed by atoms with Crippen LogP contribution in [0.1, 0.15) is 37.6 Å². The van der Waals surface area contributed by atoms with E-state index < -0.39 is 28.5 Å². The summed E-state index contributed by atoms with van der Waals surface area (Å²) in [5.74, 6) is -0.739. The molecule has 1 atom stereocenters. The van der Waals surface area contributed by atoms with Crippen LogP contribution >= 0.6 is 0 Å². The van der Waals surface area contributed by atoms with Crippen LogP contribution in [0.25, 0.3) is 0 Å². The van der Waals surface area contributed by atoms with Gasteiger partial charge in [0.1, 0.15) is 5.75 Å². The zero-order valence-corrected chi connectivity index (χ0v) is 18.0. The van der Waals surface area contributed by atoms with Crippen molar-refractivity contribution in [2.75, 3.05) is 18.5 Å². The van der Waals surface area contributed by atoms with E-state index in [0.717, 1.165) is 0 Å². The van der Waals surface area contributed by atoms with Crippen molar-refractivity contribution in [3.05, 3.63) is 54.1 Å². The molecule has 0 spiro atoms.